The molecule has 2 saturated heterocycles. The number of nitrogens with zero attached hydrogens (tertiary/aromatic N) is 14. The van der Waals surface area contributed by atoms with Crippen LogP contribution in [0, 0.1) is 11.8 Å². The maximum atomic E-state index is 9.35. The average Bonchev–Trinajstić information content (AvgIpc) is 4.24. The second-order valence-electron chi connectivity index (χ2n) is 15.3. The largest absolute Gasteiger partial charge is 0.396 e. The average molecular weight is 858 g/mol. The summed E-state index contributed by atoms with van der Waals surface area (Å²) >= 11 is 6.47. The molecule has 6 aromatic rings. The summed E-state index contributed by atoms with van der Waals surface area (Å²) in [5, 5.41) is 17.6. The third-order valence-electron chi connectivity index (χ3n) is 10.6. The number of aryl methyl sites for hydroxylation is 1. The number of aromatic nitrogens is 12. The van der Waals surface area contributed by atoms with Crippen molar-refractivity contribution in [1.29, 1.82) is 0 Å². The Kier molecular flexibility index (Phi) is 13.5. The van der Waals surface area contributed by atoms with E-state index in [9.17, 15) is 5.11 Å². The zero-order valence-electron chi connectivity index (χ0n) is 34.0. The van der Waals surface area contributed by atoms with Crippen LogP contribution in [0.4, 0.5) is 23.5 Å². The number of anilines is 4. The predicted octanol–water partition coefficient (Wildman–Crippen LogP) is 1.74. The summed E-state index contributed by atoms with van der Waals surface area (Å²) in [5.41, 5.74) is 20.6. The van der Waals surface area contributed by atoms with Crippen molar-refractivity contribution in [3.8, 4) is 22.8 Å². The molecule has 8 N–H and O–H groups in total. The van der Waals surface area contributed by atoms with E-state index in [0.717, 1.165) is 84.6 Å². The number of ether oxygens (including phenoxy) is 2. The van der Waals surface area contributed by atoms with Crippen LogP contribution in [0.5, 0.6) is 0 Å². The van der Waals surface area contributed by atoms with Gasteiger partial charge < -0.3 is 51.3 Å². The summed E-state index contributed by atoms with van der Waals surface area (Å²) in [6, 6.07) is 0. The fraction of sp³-hybridized carbons (Fsp3) is 0.538. The second-order valence-corrected chi connectivity index (χ2v) is 15.6. The lowest BCUT2D eigenvalue weighted by Gasteiger charge is -2.28. The Morgan fingerprint density at radius 1 is 0.623 bits per heavy atom. The first-order chi connectivity index (χ1) is 29.8. The van der Waals surface area contributed by atoms with Crippen LogP contribution in [0.1, 0.15) is 37.9 Å². The highest BCUT2D eigenvalue weighted by molar-refractivity contribution is 6.29. The smallest absolute Gasteiger partial charge is 0.219 e. The summed E-state index contributed by atoms with van der Waals surface area (Å²) in [5.74, 6) is 5.40. The van der Waals surface area contributed by atoms with Crippen LogP contribution in [-0.4, -0.2) is 142 Å². The van der Waals surface area contributed by atoms with Crippen molar-refractivity contribution in [3.63, 3.8) is 0 Å². The van der Waals surface area contributed by atoms with E-state index in [1.165, 1.54) is 25.7 Å². The summed E-state index contributed by atoms with van der Waals surface area (Å²) in [6.45, 7) is 7.97. The standard InChI is InChI=1S/C20H26N8O2.C17H19ClN8O.C2H7NO/c21-20-22-10-14(11-23-20)17-25-18(27-5-8-30-9-6-27)16-19(26-17)28(12-13-3-4-13)15(24-16)2-1-7-29;18-16-22-12-14(25-3-5-27-6-4-25)23-13(11-7-20-17(19)21-8-11)24-15(12)26(16)9-10-1-2-10;3-1-2-4/h10-11,13,29H,1-9,12H2,(H2,21,22,23);7-8,10H,1-6,9H2,(H2,19,20,21);4H,1-3H2. The van der Waals surface area contributed by atoms with E-state index in [1.807, 2.05) is 4.57 Å². The first-order valence-corrected chi connectivity index (χ1v) is 21.1. The number of halogens is 1. The molecular weight excluding hydrogens is 806 g/mol. The number of nitrogen functional groups attached to an aromatic ring is 2. The molecule has 2 saturated carbocycles. The molecule has 0 aromatic carbocycles. The lowest BCUT2D eigenvalue weighted by molar-refractivity contribution is 0.122. The number of hydrogen-bond donors (Lipinski definition) is 5. The van der Waals surface area contributed by atoms with Crippen molar-refractivity contribution in [2.45, 2.75) is 51.6 Å². The van der Waals surface area contributed by atoms with E-state index in [-0.39, 0.29) is 25.1 Å². The van der Waals surface area contributed by atoms with Gasteiger partial charge in [-0.3, -0.25) is 4.57 Å². The molecule has 0 unspecified atom stereocenters. The van der Waals surface area contributed by atoms with Crippen LogP contribution in [0.3, 0.4) is 0 Å². The van der Waals surface area contributed by atoms with Gasteiger partial charge in [-0.1, -0.05) is 0 Å². The Bertz CT molecular complexity index is 2370. The molecule has 8 heterocycles. The molecule has 4 fully saturated rings. The van der Waals surface area contributed by atoms with Crippen molar-refractivity contribution < 1.29 is 19.7 Å². The SMILES string of the molecule is NCCO.Nc1ncc(-c2nc(N3CCOCC3)c3nc(CCCO)n(CC4CC4)c3n2)cn1.Nc1ncc(-c2nc(N3CCOCC3)c3nc(Cl)n(CC4CC4)c3n2)cn1. The van der Waals surface area contributed by atoms with Gasteiger partial charge in [0.2, 0.25) is 17.2 Å². The van der Waals surface area contributed by atoms with Gasteiger partial charge in [-0.25, -0.2) is 49.8 Å². The van der Waals surface area contributed by atoms with Gasteiger partial charge >= 0.3 is 0 Å². The summed E-state index contributed by atoms with van der Waals surface area (Å²) in [6.07, 6.45) is 12.9. The van der Waals surface area contributed by atoms with Gasteiger partial charge in [0, 0.05) is 83.6 Å². The Morgan fingerprint density at radius 3 is 1.51 bits per heavy atom. The fourth-order valence-electron chi connectivity index (χ4n) is 7.05. The third kappa shape index (κ3) is 10.2. The van der Waals surface area contributed by atoms with E-state index >= 15 is 0 Å². The first-order valence-electron chi connectivity index (χ1n) is 20.8. The zero-order chi connectivity index (χ0) is 42.3. The van der Waals surface area contributed by atoms with Gasteiger partial charge in [-0.15, -0.1) is 0 Å². The van der Waals surface area contributed by atoms with Crippen molar-refractivity contribution >= 4 is 57.5 Å². The van der Waals surface area contributed by atoms with Crippen LogP contribution >= 0.6 is 11.6 Å². The maximum absolute atomic E-state index is 9.35. The van der Waals surface area contributed by atoms with Crippen LogP contribution in [0.25, 0.3) is 45.1 Å². The van der Waals surface area contributed by atoms with E-state index < -0.39 is 0 Å². The highest BCUT2D eigenvalue weighted by Gasteiger charge is 2.29. The summed E-state index contributed by atoms with van der Waals surface area (Å²) in [4.78, 5) is 49.6. The van der Waals surface area contributed by atoms with Crippen molar-refractivity contribution in [2.24, 2.45) is 17.6 Å². The molecule has 324 valence electrons. The van der Waals surface area contributed by atoms with Crippen molar-refractivity contribution in [1.82, 2.24) is 59.0 Å². The van der Waals surface area contributed by atoms with E-state index in [4.69, 9.17) is 68.3 Å². The van der Waals surface area contributed by atoms with E-state index in [1.54, 1.807) is 24.8 Å². The molecule has 21 nitrogen and oxygen atoms in total. The number of nitrogens with two attached hydrogens (primary N) is 3. The van der Waals surface area contributed by atoms with Gasteiger partial charge in [0.15, 0.2) is 45.6 Å². The molecule has 2 aliphatic carbocycles. The minimum absolute atomic E-state index is 0.0972. The molecule has 22 heteroatoms. The highest BCUT2D eigenvalue weighted by atomic mass is 35.5. The highest BCUT2D eigenvalue weighted by Crippen LogP contribution is 2.37. The molecule has 61 heavy (non-hydrogen) atoms. The van der Waals surface area contributed by atoms with E-state index in [0.29, 0.717) is 80.1 Å². The summed E-state index contributed by atoms with van der Waals surface area (Å²) < 4.78 is 15.2. The number of aliphatic hydroxyl groups excluding tert-OH is 2. The van der Waals surface area contributed by atoms with Gasteiger partial charge in [-0.05, 0) is 55.5 Å². The normalized spacial score (nSPS) is 16.7. The predicted molar refractivity (Wildman–Crippen MR) is 230 cm³/mol. The minimum atomic E-state index is 0.0972. The minimum Gasteiger partial charge on any atom is -0.396 e. The van der Waals surface area contributed by atoms with Gasteiger partial charge in [0.25, 0.3) is 0 Å². The topological polar surface area (TPSA) is 282 Å². The lowest BCUT2D eigenvalue weighted by atomic mass is 10.3. The van der Waals surface area contributed by atoms with Gasteiger partial charge in [-0.2, -0.15) is 0 Å². The molecule has 6 aromatic heterocycles. The van der Waals surface area contributed by atoms with Crippen molar-refractivity contribution in [3.05, 3.63) is 35.9 Å². The number of morpholine rings is 2. The third-order valence-corrected chi connectivity index (χ3v) is 10.9. The first kappa shape index (κ1) is 42.2. The van der Waals surface area contributed by atoms with Gasteiger partial charge in [0.05, 0.1) is 44.2 Å². The molecule has 0 amide bonds. The number of rotatable bonds is 12. The molecule has 2 aliphatic heterocycles. The number of hydrogen-bond acceptors (Lipinski definition) is 19. The Labute approximate surface area is 356 Å². The lowest BCUT2D eigenvalue weighted by Crippen LogP contribution is -2.37. The molecule has 10 rings (SSSR count). The second kappa shape index (κ2) is 19.5. The molecular formula is C39H52ClN17O4. The fourth-order valence-corrected chi connectivity index (χ4v) is 7.28. The quantitative estimate of drug-likeness (QED) is 0.110. The zero-order valence-corrected chi connectivity index (χ0v) is 34.7. The number of imidazole rings is 2. The Morgan fingerprint density at radius 2 is 1.07 bits per heavy atom. The number of fused-ring (bicyclic) bond motifs is 2. The van der Waals surface area contributed by atoms with Crippen LogP contribution in [0.2, 0.25) is 5.28 Å². The summed E-state index contributed by atoms with van der Waals surface area (Å²) in [7, 11) is 0. The molecule has 0 radical (unpaired) electrons. The maximum Gasteiger partial charge on any atom is 0.219 e. The molecule has 0 spiro atoms. The Hall–Kier alpha value is -5.45. The monoisotopic (exact) mass is 857 g/mol. The van der Waals surface area contributed by atoms with Crippen LogP contribution < -0.4 is 27.0 Å². The van der Waals surface area contributed by atoms with Crippen LogP contribution in [-0.2, 0) is 29.0 Å². The van der Waals surface area contributed by atoms with E-state index in [2.05, 4.69) is 39.3 Å². The molecule has 0 bridgehead atoms. The van der Waals surface area contributed by atoms with Crippen LogP contribution in [0.15, 0.2) is 24.8 Å². The number of aliphatic hydroxyl groups is 2. The van der Waals surface area contributed by atoms with Gasteiger partial charge in [0.1, 0.15) is 5.82 Å². The molecule has 0 atom stereocenters. The van der Waals surface area contributed by atoms with Crippen molar-refractivity contribution in [2.75, 3.05) is 93.6 Å². The molecule has 4 aliphatic rings. The Balaban J connectivity index is 0.000000156.